The normalized spacial score (nSPS) is 12.8. The second-order valence-corrected chi connectivity index (χ2v) is 13.9. The quantitative estimate of drug-likeness (QED) is 0.0982. The molecule has 5 aromatic rings. The van der Waals surface area contributed by atoms with Crippen LogP contribution in [0, 0.1) is 0 Å². The van der Waals surface area contributed by atoms with Crippen molar-refractivity contribution < 1.29 is 4.79 Å². The van der Waals surface area contributed by atoms with E-state index in [9.17, 15) is 9.59 Å². The molecule has 0 fully saturated rings. The third kappa shape index (κ3) is 6.07. The lowest BCUT2D eigenvalue weighted by Gasteiger charge is -2.12. The Labute approximate surface area is 265 Å². The number of aryl methyl sites for hydroxylation is 2. The number of allylic oxidation sites excluding steroid dienone is 1. The number of hydrogen-bond donors (Lipinski definition) is 1. The van der Waals surface area contributed by atoms with Gasteiger partial charge in [0.15, 0.2) is 10.3 Å². The number of thiophene rings is 1. The molecule has 6 nitrogen and oxygen atoms in total. The highest BCUT2D eigenvalue weighted by Crippen LogP contribution is 2.35. The highest BCUT2D eigenvalue weighted by atomic mass is 35.5. The SMILES string of the molecule is C=CCn1c(SCc2ccc(C(=O)Nc3ncc(Cc4cccc(Cl)c4Cl)s3)cc2)nc2sc3c(c2c1=O)CCCC3. The minimum atomic E-state index is -0.232. The van der Waals surface area contributed by atoms with Crippen LogP contribution in [0.15, 0.2) is 71.3 Å². The molecule has 3 heterocycles. The molecule has 0 aliphatic heterocycles. The fourth-order valence-electron chi connectivity index (χ4n) is 5.01. The number of amides is 1. The largest absolute Gasteiger partial charge is 0.298 e. The van der Waals surface area contributed by atoms with Crippen molar-refractivity contribution >= 4 is 78.9 Å². The zero-order chi connectivity index (χ0) is 29.2. The number of carbonyl (C=O) groups is 1. The van der Waals surface area contributed by atoms with Gasteiger partial charge in [0.1, 0.15) is 4.83 Å². The minimum Gasteiger partial charge on any atom is -0.298 e. The van der Waals surface area contributed by atoms with Gasteiger partial charge in [-0.1, -0.05) is 65.3 Å². The molecule has 0 bridgehead atoms. The van der Waals surface area contributed by atoms with Gasteiger partial charge in [0.2, 0.25) is 0 Å². The Morgan fingerprint density at radius 1 is 1.12 bits per heavy atom. The molecule has 1 N–H and O–H groups in total. The molecule has 0 saturated carbocycles. The molecule has 1 amide bonds. The highest BCUT2D eigenvalue weighted by molar-refractivity contribution is 7.98. The maximum absolute atomic E-state index is 13.5. The lowest BCUT2D eigenvalue weighted by molar-refractivity contribution is 0.102. The van der Waals surface area contributed by atoms with Crippen molar-refractivity contribution in [1.29, 1.82) is 0 Å². The molecule has 3 aromatic heterocycles. The second kappa shape index (κ2) is 12.7. The molecule has 0 atom stereocenters. The number of fused-ring (bicyclic) bond motifs is 3. The van der Waals surface area contributed by atoms with Gasteiger partial charge in [-0.3, -0.25) is 19.5 Å². The molecule has 0 unspecified atom stereocenters. The number of anilines is 1. The van der Waals surface area contributed by atoms with Crippen LogP contribution in [0.5, 0.6) is 0 Å². The summed E-state index contributed by atoms with van der Waals surface area (Å²) in [4.78, 5) is 38.7. The van der Waals surface area contributed by atoms with E-state index < -0.39 is 0 Å². The van der Waals surface area contributed by atoms with Gasteiger partial charge in [0, 0.05) is 40.2 Å². The summed E-state index contributed by atoms with van der Waals surface area (Å²) in [7, 11) is 0. The number of thioether (sulfide) groups is 1. The van der Waals surface area contributed by atoms with Crippen LogP contribution in [-0.4, -0.2) is 20.4 Å². The summed E-state index contributed by atoms with van der Waals surface area (Å²) in [5.74, 6) is 0.383. The predicted octanol–water partition coefficient (Wildman–Crippen LogP) is 8.42. The smallest absolute Gasteiger partial charge is 0.263 e. The number of rotatable bonds is 9. The third-order valence-electron chi connectivity index (χ3n) is 7.11. The summed E-state index contributed by atoms with van der Waals surface area (Å²) in [5.41, 5.74) is 3.68. The molecule has 214 valence electrons. The first kappa shape index (κ1) is 29.1. The number of benzene rings is 2. The number of thiazole rings is 1. The standard InChI is InChI=1S/C31H26Cl2N4O2S3/c1-2-14-37-29(39)25-22-7-3-4-9-24(22)42-28(25)36-31(37)40-17-18-10-12-19(13-11-18)27(38)35-30-34-16-21(41-30)15-20-6-5-8-23(32)26(20)33/h2,5-6,8,10-13,16H,1,3-4,7,9,14-15,17H2,(H,34,35,38). The molecule has 11 heteroatoms. The molecule has 6 rings (SSSR count). The van der Waals surface area contributed by atoms with E-state index in [0.717, 1.165) is 45.5 Å². The van der Waals surface area contributed by atoms with Crippen molar-refractivity contribution in [2.75, 3.05) is 5.32 Å². The van der Waals surface area contributed by atoms with Crippen LogP contribution in [0.4, 0.5) is 5.13 Å². The highest BCUT2D eigenvalue weighted by Gasteiger charge is 2.22. The van der Waals surface area contributed by atoms with E-state index in [4.69, 9.17) is 28.2 Å². The lowest BCUT2D eigenvalue weighted by Crippen LogP contribution is -2.23. The predicted molar refractivity (Wildman–Crippen MR) is 176 cm³/mol. The monoisotopic (exact) mass is 652 g/mol. The van der Waals surface area contributed by atoms with E-state index in [1.54, 1.807) is 46.4 Å². The van der Waals surface area contributed by atoms with Crippen LogP contribution in [0.2, 0.25) is 10.0 Å². The van der Waals surface area contributed by atoms with Crippen molar-refractivity contribution in [2.45, 2.75) is 49.6 Å². The summed E-state index contributed by atoms with van der Waals surface area (Å²) in [5, 5.41) is 5.92. The summed E-state index contributed by atoms with van der Waals surface area (Å²) in [6.07, 6.45) is 8.32. The van der Waals surface area contributed by atoms with Crippen LogP contribution in [-0.2, 0) is 31.6 Å². The van der Waals surface area contributed by atoms with Gasteiger partial charge in [0.25, 0.3) is 11.5 Å². The third-order valence-corrected chi connectivity index (χ3v) is 11.1. The summed E-state index contributed by atoms with van der Waals surface area (Å²) in [6.45, 7) is 4.26. The van der Waals surface area contributed by atoms with Crippen LogP contribution in [0.25, 0.3) is 10.2 Å². The van der Waals surface area contributed by atoms with E-state index in [-0.39, 0.29) is 11.5 Å². The number of carbonyl (C=O) groups excluding carboxylic acids is 1. The van der Waals surface area contributed by atoms with Gasteiger partial charge in [-0.2, -0.15) is 0 Å². The van der Waals surface area contributed by atoms with E-state index in [0.29, 0.717) is 44.6 Å². The van der Waals surface area contributed by atoms with Crippen molar-refractivity contribution in [3.63, 3.8) is 0 Å². The van der Waals surface area contributed by atoms with Crippen molar-refractivity contribution in [3.05, 3.63) is 114 Å². The van der Waals surface area contributed by atoms with Crippen LogP contribution < -0.4 is 10.9 Å². The van der Waals surface area contributed by atoms with Gasteiger partial charge in [-0.15, -0.1) is 29.3 Å². The summed E-state index contributed by atoms with van der Waals surface area (Å²) in [6, 6.07) is 13.0. The molecule has 0 radical (unpaired) electrons. The van der Waals surface area contributed by atoms with Gasteiger partial charge in [-0.05, 0) is 60.6 Å². The number of hydrogen-bond acceptors (Lipinski definition) is 7. The average Bonchev–Trinajstić information content (AvgIpc) is 3.60. The molecule has 0 spiro atoms. The second-order valence-electron chi connectivity index (χ2n) is 9.95. The number of nitrogens with one attached hydrogen (secondary N) is 1. The summed E-state index contributed by atoms with van der Waals surface area (Å²) >= 11 is 17.0. The molecule has 42 heavy (non-hydrogen) atoms. The molecule has 0 saturated heterocycles. The Bertz CT molecular complexity index is 1860. The van der Waals surface area contributed by atoms with Gasteiger partial charge >= 0.3 is 0 Å². The number of halogens is 2. The van der Waals surface area contributed by atoms with Gasteiger partial charge in [-0.25, -0.2) is 9.97 Å². The molecular weight excluding hydrogens is 627 g/mol. The van der Waals surface area contributed by atoms with Gasteiger partial charge < -0.3 is 0 Å². The van der Waals surface area contributed by atoms with Crippen molar-refractivity contribution in [2.24, 2.45) is 0 Å². The van der Waals surface area contributed by atoms with Crippen LogP contribution in [0.1, 0.15) is 49.6 Å². The number of nitrogens with zero attached hydrogens (tertiary/aromatic N) is 3. The zero-order valence-corrected chi connectivity index (χ0v) is 26.5. The van der Waals surface area contributed by atoms with Gasteiger partial charge in [0.05, 0.1) is 15.4 Å². The number of aromatic nitrogens is 3. The Hall–Kier alpha value is -2.95. The molecule has 2 aromatic carbocycles. The van der Waals surface area contributed by atoms with E-state index in [1.165, 1.54) is 40.0 Å². The topological polar surface area (TPSA) is 76.9 Å². The Balaban J connectivity index is 1.12. The maximum Gasteiger partial charge on any atom is 0.263 e. The first-order valence-electron chi connectivity index (χ1n) is 13.5. The zero-order valence-electron chi connectivity index (χ0n) is 22.5. The fourth-order valence-corrected chi connectivity index (χ4v) is 8.49. The summed E-state index contributed by atoms with van der Waals surface area (Å²) < 4.78 is 1.73. The average molecular weight is 654 g/mol. The Morgan fingerprint density at radius 2 is 1.93 bits per heavy atom. The molecule has 1 aliphatic rings. The lowest BCUT2D eigenvalue weighted by atomic mass is 9.97. The van der Waals surface area contributed by atoms with Crippen LogP contribution in [0.3, 0.4) is 0 Å². The molecule has 1 aliphatic carbocycles. The van der Waals surface area contributed by atoms with E-state index in [1.807, 2.05) is 24.3 Å². The van der Waals surface area contributed by atoms with E-state index >= 15 is 0 Å². The first-order valence-corrected chi connectivity index (χ1v) is 16.9. The van der Waals surface area contributed by atoms with E-state index in [2.05, 4.69) is 16.9 Å². The Kier molecular flexibility index (Phi) is 8.83. The maximum atomic E-state index is 13.5. The van der Waals surface area contributed by atoms with Crippen molar-refractivity contribution in [3.8, 4) is 0 Å². The van der Waals surface area contributed by atoms with Crippen LogP contribution >= 0.6 is 57.6 Å². The molecular formula is C31H26Cl2N4O2S3. The first-order chi connectivity index (χ1) is 20.4. The fraction of sp³-hybridized carbons (Fsp3) is 0.226. The minimum absolute atomic E-state index is 0.0230. The Morgan fingerprint density at radius 3 is 2.74 bits per heavy atom. The van der Waals surface area contributed by atoms with Crippen molar-refractivity contribution in [1.82, 2.24) is 14.5 Å².